The SMILES string of the molecule is C=C(C)C(=O)O.CCCCCCCCCC(O)CCCCCCCC. The van der Waals surface area contributed by atoms with Gasteiger partial charge in [0.2, 0.25) is 0 Å². The number of carbonyl (C=O) groups is 1. The summed E-state index contributed by atoms with van der Waals surface area (Å²) in [6.45, 7) is 9.12. The molecule has 0 aliphatic rings. The summed E-state index contributed by atoms with van der Waals surface area (Å²) in [4.78, 5) is 9.60. The van der Waals surface area contributed by atoms with Crippen molar-refractivity contribution in [3.8, 4) is 0 Å². The number of rotatable bonds is 16. The Morgan fingerprint density at radius 2 is 1.04 bits per heavy atom. The Hall–Kier alpha value is -0.830. The molecule has 0 fully saturated rings. The molecular formula is C22H44O3. The molecule has 0 radical (unpaired) electrons. The first-order valence-electron chi connectivity index (χ1n) is 10.5. The second-order valence-electron chi connectivity index (χ2n) is 7.21. The molecule has 0 aliphatic carbocycles. The van der Waals surface area contributed by atoms with Gasteiger partial charge in [-0.1, -0.05) is 104 Å². The summed E-state index contributed by atoms with van der Waals surface area (Å²) < 4.78 is 0. The van der Waals surface area contributed by atoms with Crippen LogP contribution < -0.4 is 0 Å². The van der Waals surface area contributed by atoms with Gasteiger partial charge in [-0.05, 0) is 19.8 Å². The average molecular weight is 357 g/mol. The van der Waals surface area contributed by atoms with Crippen LogP contribution in [0.15, 0.2) is 12.2 Å². The highest BCUT2D eigenvalue weighted by molar-refractivity contribution is 5.84. The van der Waals surface area contributed by atoms with Crippen LogP contribution in [0.3, 0.4) is 0 Å². The van der Waals surface area contributed by atoms with E-state index >= 15 is 0 Å². The predicted molar refractivity (Wildman–Crippen MR) is 109 cm³/mol. The zero-order chi connectivity index (χ0) is 19.3. The third-order valence-electron chi connectivity index (χ3n) is 4.40. The van der Waals surface area contributed by atoms with E-state index in [1.807, 2.05) is 0 Å². The van der Waals surface area contributed by atoms with Crippen LogP contribution in [-0.4, -0.2) is 22.3 Å². The number of carboxylic acid groups (broad SMARTS) is 1. The highest BCUT2D eigenvalue weighted by Crippen LogP contribution is 2.14. The zero-order valence-corrected chi connectivity index (χ0v) is 17.2. The molecule has 0 aromatic carbocycles. The number of aliphatic hydroxyl groups is 1. The molecule has 0 aliphatic heterocycles. The molecule has 0 saturated heterocycles. The molecule has 3 nitrogen and oxygen atoms in total. The summed E-state index contributed by atoms with van der Waals surface area (Å²) in [7, 11) is 0. The minimum Gasteiger partial charge on any atom is -0.478 e. The standard InChI is InChI=1S/C18H38O.C4H6O2/c1-3-5-7-9-11-13-15-17-18(19)16-14-12-10-8-6-4-2;1-3(2)4(5)6/h18-19H,3-17H2,1-2H3;1H2,2H3,(H,5,6). The Kier molecular flexibility index (Phi) is 22.4. The van der Waals surface area contributed by atoms with Gasteiger partial charge in [0.15, 0.2) is 0 Å². The van der Waals surface area contributed by atoms with Crippen molar-refractivity contribution in [3.63, 3.8) is 0 Å². The normalized spacial score (nSPS) is 11.5. The Morgan fingerprint density at radius 3 is 1.32 bits per heavy atom. The topological polar surface area (TPSA) is 57.5 Å². The molecule has 150 valence electrons. The van der Waals surface area contributed by atoms with Gasteiger partial charge in [0.25, 0.3) is 0 Å². The molecule has 1 atom stereocenters. The van der Waals surface area contributed by atoms with Crippen molar-refractivity contribution in [2.45, 2.75) is 123 Å². The van der Waals surface area contributed by atoms with Gasteiger partial charge < -0.3 is 10.2 Å². The summed E-state index contributed by atoms with van der Waals surface area (Å²) in [5.74, 6) is -0.935. The number of hydrogen-bond donors (Lipinski definition) is 2. The lowest BCUT2D eigenvalue weighted by Gasteiger charge is -2.10. The molecule has 25 heavy (non-hydrogen) atoms. The predicted octanol–water partition coefficient (Wildman–Crippen LogP) is 6.89. The molecule has 2 N–H and O–H groups in total. The van der Waals surface area contributed by atoms with Gasteiger partial charge in [-0.15, -0.1) is 0 Å². The molecule has 0 spiro atoms. The van der Waals surface area contributed by atoms with Crippen molar-refractivity contribution in [3.05, 3.63) is 12.2 Å². The fraction of sp³-hybridized carbons (Fsp3) is 0.864. The monoisotopic (exact) mass is 356 g/mol. The minimum absolute atomic E-state index is 0.0261. The van der Waals surface area contributed by atoms with Gasteiger partial charge in [0, 0.05) is 5.57 Å². The lowest BCUT2D eigenvalue weighted by atomic mass is 10.0. The minimum atomic E-state index is -0.935. The van der Waals surface area contributed by atoms with E-state index in [0.29, 0.717) is 0 Å². The maximum Gasteiger partial charge on any atom is 0.330 e. The highest BCUT2D eigenvalue weighted by atomic mass is 16.4. The molecule has 0 amide bonds. The maximum absolute atomic E-state index is 9.89. The first-order chi connectivity index (χ1) is 12.0. The van der Waals surface area contributed by atoms with Crippen LogP contribution in [0.4, 0.5) is 0 Å². The smallest absolute Gasteiger partial charge is 0.330 e. The summed E-state index contributed by atoms with van der Waals surface area (Å²) >= 11 is 0. The van der Waals surface area contributed by atoms with Crippen LogP contribution in [0.1, 0.15) is 117 Å². The molecule has 0 aromatic heterocycles. The zero-order valence-electron chi connectivity index (χ0n) is 17.2. The molecule has 0 rings (SSSR count). The Balaban J connectivity index is 0. The molecular weight excluding hydrogens is 312 g/mol. The fourth-order valence-corrected chi connectivity index (χ4v) is 2.64. The number of unbranched alkanes of at least 4 members (excludes halogenated alkanes) is 11. The van der Waals surface area contributed by atoms with Crippen LogP contribution in [-0.2, 0) is 4.79 Å². The number of aliphatic hydroxyl groups excluding tert-OH is 1. The van der Waals surface area contributed by atoms with Gasteiger partial charge >= 0.3 is 5.97 Å². The molecule has 0 saturated carbocycles. The van der Waals surface area contributed by atoms with Crippen LogP contribution in [0.5, 0.6) is 0 Å². The largest absolute Gasteiger partial charge is 0.478 e. The van der Waals surface area contributed by atoms with Gasteiger partial charge in [-0.2, -0.15) is 0 Å². The molecule has 0 heterocycles. The Bertz CT molecular complexity index is 288. The molecule has 0 aromatic rings. The van der Waals surface area contributed by atoms with Crippen LogP contribution in [0, 0.1) is 0 Å². The van der Waals surface area contributed by atoms with Crippen molar-refractivity contribution in [2.24, 2.45) is 0 Å². The van der Waals surface area contributed by atoms with Gasteiger partial charge in [-0.3, -0.25) is 0 Å². The summed E-state index contributed by atoms with van der Waals surface area (Å²) in [5.41, 5.74) is 0.176. The summed E-state index contributed by atoms with van der Waals surface area (Å²) in [6, 6.07) is 0. The van der Waals surface area contributed by atoms with E-state index in [2.05, 4.69) is 20.4 Å². The van der Waals surface area contributed by atoms with Gasteiger partial charge in [0.05, 0.1) is 6.10 Å². The summed E-state index contributed by atoms with van der Waals surface area (Å²) in [6.07, 6.45) is 19.4. The Labute approximate surface area is 156 Å². The van der Waals surface area contributed by atoms with Crippen LogP contribution in [0.25, 0.3) is 0 Å². The van der Waals surface area contributed by atoms with Crippen molar-refractivity contribution in [1.29, 1.82) is 0 Å². The van der Waals surface area contributed by atoms with Crippen molar-refractivity contribution >= 4 is 5.97 Å². The summed E-state index contributed by atoms with van der Waals surface area (Å²) in [5, 5.41) is 17.8. The van der Waals surface area contributed by atoms with Crippen LogP contribution in [0.2, 0.25) is 0 Å². The van der Waals surface area contributed by atoms with Gasteiger partial charge in [-0.25, -0.2) is 4.79 Å². The van der Waals surface area contributed by atoms with Gasteiger partial charge in [0.1, 0.15) is 0 Å². The Morgan fingerprint density at radius 1 is 0.760 bits per heavy atom. The number of carboxylic acids is 1. The van der Waals surface area contributed by atoms with E-state index < -0.39 is 5.97 Å². The second kappa shape index (κ2) is 21.2. The van der Waals surface area contributed by atoms with Crippen molar-refractivity contribution in [2.75, 3.05) is 0 Å². The van der Waals surface area contributed by atoms with E-state index in [0.717, 1.165) is 12.8 Å². The molecule has 1 unspecified atom stereocenters. The third kappa shape index (κ3) is 25.5. The molecule has 0 bridgehead atoms. The molecule has 3 heteroatoms. The number of hydrogen-bond acceptors (Lipinski definition) is 2. The van der Waals surface area contributed by atoms with E-state index in [-0.39, 0.29) is 11.7 Å². The van der Waals surface area contributed by atoms with E-state index in [1.54, 1.807) is 0 Å². The van der Waals surface area contributed by atoms with E-state index in [1.165, 1.54) is 90.4 Å². The fourth-order valence-electron chi connectivity index (χ4n) is 2.64. The first-order valence-corrected chi connectivity index (χ1v) is 10.5. The lowest BCUT2D eigenvalue weighted by Crippen LogP contribution is -2.05. The second-order valence-corrected chi connectivity index (χ2v) is 7.21. The maximum atomic E-state index is 9.89. The quantitative estimate of drug-likeness (QED) is 0.234. The van der Waals surface area contributed by atoms with E-state index in [4.69, 9.17) is 5.11 Å². The highest BCUT2D eigenvalue weighted by Gasteiger charge is 2.03. The number of aliphatic carboxylic acids is 1. The van der Waals surface area contributed by atoms with E-state index in [9.17, 15) is 9.90 Å². The van der Waals surface area contributed by atoms with Crippen molar-refractivity contribution in [1.82, 2.24) is 0 Å². The van der Waals surface area contributed by atoms with Crippen molar-refractivity contribution < 1.29 is 15.0 Å². The third-order valence-corrected chi connectivity index (χ3v) is 4.40. The first kappa shape index (κ1) is 26.4. The van der Waals surface area contributed by atoms with Crippen LogP contribution >= 0.6 is 0 Å². The lowest BCUT2D eigenvalue weighted by molar-refractivity contribution is -0.132. The average Bonchev–Trinajstić information content (AvgIpc) is 2.57.